The van der Waals surface area contributed by atoms with E-state index in [1.807, 2.05) is 29.7 Å². The maximum atomic E-state index is 5.47. The smallest absolute Gasteiger partial charge is 0.0723 e. The van der Waals surface area contributed by atoms with Gasteiger partial charge in [0.25, 0.3) is 0 Å². The van der Waals surface area contributed by atoms with E-state index in [0.717, 1.165) is 24.4 Å². The fourth-order valence-electron chi connectivity index (χ4n) is 1.09. The largest absolute Gasteiger partial charge is 0.330 e. The van der Waals surface area contributed by atoms with E-state index in [0.29, 0.717) is 5.25 Å². The maximum absolute atomic E-state index is 5.47. The molecule has 0 amide bonds. The molecule has 0 fully saturated rings. The van der Waals surface area contributed by atoms with Gasteiger partial charge in [-0.2, -0.15) is 16.9 Å². The van der Waals surface area contributed by atoms with Crippen LogP contribution in [0.15, 0.2) is 12.3 Å². The highest BCUT2D eigenvalue weighted by molar-refractivity contribution is 7.99. The fraction of sp³-hybridized carbons (Fsp3) is 0.667. The first-order chi connectivity index (χ1) is 6.22. The standard InChI is InChI=1S/C9H17N3S/c1-8(3-5-10)13-7-9-4-6-12(2)11-9/h4,6,8H,3,5,7,10H2,1-2H3. The first kappa shape index (κ1) is 10.6. The molecule has 1 aromatic heterocycles. The second kappa shape index (κ2) is 5.29. The molecule has 0 radical (unpaired) electrons. The summed E-state index contributed by atoms with van der Waals surface area (Å²) in [7, 11) is 1.94. The van der Waals surface area contributed by atoms with Crippen LogP contribution in [0.1, 0.15) is 19.0 Å². The van der Waals surface area contributed by atoms with Crippen molar-refractivity contribution in [3.05, 3.63) is 18.0 Å². The van der Waals surface area contributed by atoms with Crippen molar-refractivity contribution in [3.8, 4) is 0 Å². The zero-order chi connectivity index (χ0) is 9.68. The summed E-state index contributed by atoms with van der Waals surface area (Å²) in [6.45, 7) is 2.98. The molecule has 0 saturated carbocycles. The van der Waals surface area contributed by atoms with Gasteiger partial charge in [0.1, 0.15) is 0 Å². The van der Waals surface area contributed by atoms with Crippen molar-refractivity contribution in [1.82, 2.24) is 9.78 Å². The van der Waals surface area contributed by atoms with Crippen molar-refractivity contribution >= 4 is 11.8 Å². The predicted molar refractivity (Wildman–Crippen MR) is 57.6 cm³/mol. The Hall–Kier alpha value is -0.480. The molecule has 0 aliphatic carbocycles. The molecule has 1 atom stereocenters. The van der Waals surface area contributed by atoms with Gasteiger partial charge in [-0.25, -0.2) is 0 Å². The van der Waals surface area contributed by atoms with Crippen LogP contribution in [-0.4, -0.2) is 21.6 Å². The molecule has 4 heteroatoms. The lowest BCUT2D eigenvalue weighted by atomic mass is 10.3. The summed E-state index contributed by atoms with van der Waals surface area (Å²) < 4.78 is 1.84. The lowest BCUT2D eigenvalue weighted by Crippen LogP contribution is -2.07. The summed E-state index contributed by atoms with van der Waals surface area (Å²) in [4.78, 5) is 0. The topological polar surface area (TPSA) is 43.8 Å². The van der Waals surface area contributed by atoms with E-state index in [-0.39, 0.29) is 0 Å². The molecule has 13 heavy (non-hydrogen) atoms. The van der Waals surface area contributed by atoms with Crippen LogP contribution in [0.3, 0.4) is 0 Å². The molecular formula is C9H17N3S. The van der Waals surface area contributed by atoms with Crippen LogP contribution in [0.2, 0.25) is 0 Å². The Balaban J connectivity index is 2.26. The van der Waals surface area contributed by atoms with Crippen LogP contribution in [0.4, 0.5) is 0 Å². The average Bonchev–Trinajstić information content (AvgIpc) is 2.49. The van der Waals surface area contributed by atoms with Gasteiger partial charge in [-0.3, -0.25) is 4.68 Å². The Bertz CT molecular complexity index is 247. The van der Waals surface area contributed by atoms with Gasteiger partial charge >= 0.3 is 0 Å². The second-order valence-corrected chi connectivity index (χ2v) is 4.61. The SMILES string of the molecule is CC(CCN)SCc1ccn(C)n1. The molecule has 0 bridgehead atoms. The van der Waals surface area contributed by atoms with Crippen molar-refractivity contribution < 1.29 is 0 Å². The number of thioether (sulfide) groups is 1. The zero-order valence-electron chi connectivity index (χ0n) is 8.23. The number of aryl methyl sites for hydroxylation is 1. The van der Waals surface area contributed by atoms with E-state index in [9.17, 15) is 0 Å². The minimum Gasteiger partial charge on any atom is -0.330 e. The van der Waals surface area contributed by atoms with Crippen LogP contribution >= 0.6 is 11.8 Å². The summed E-state index contributed by atoms with van der Waals surface area (Å²) in [5, 5.41) is 4.94. The Morgan fingerprint density at radius 3 is 3.00 bits per heavy atom. The number of aromatic nitrogens is 2. The summed E-state index contributed by atoms with van der Waals surface area (Å²) in [6.07, 6.45) is 3.06. The molecule has 74 valence electrons. The van der Waals surface area contributed by atoms with Crippen LogP contribution < -0.4 is 5.73 Å². The van der Waals surface area contributed by atoms with Gasteiger partial charge in [-0.15, -0.1) is 0 Å². The van der Waals surface area contributed by atoms with Gasteiger partial charge in [-0.1, -0.05) is 6.92 Å². The molecule has 1 unspecified atom stereocenters. The van der Waals surface area contributed by atoms with Crippen LogP contribution in [0.25, 0.3) is 0 Å². The number of hydrogen-bond acceptors (Lipinski definition) is 3. The average molecular weight is 199 g/mol. The summed E-state index contributed by atoms with van der Waals surface area (Å²) >= 11 is 1.91. The molecular weight excluding hydrogens is 182 g/mol. The Kier molecular flexibility index (Phi) is 4.32. The van der Waals surface area contributed by atoms with E-state index in [1.165, 1.54) is 0 Å². The van der Waals surface area contributed by atoms with Crippen molar-refractivity contribution in [1.29, 1.82) is 0 Å². The molecule has 2 N–H and O–H groups in total. The monoisotopic (exact) mass is 199 g/mol. The third-order valence-electron chi connectivity index (χ3n) is 1.86. The number of nitrogens with zero attached hydrogens (tertiary/aromatic N) is 2. The predicted octanol–water partition coefficient (Wildman–Crippen LogP) is 1.39. The molecule has 0 aromatic carbocycles. The molecule has 0 spiro atoms. The van der Waals surface area contributed by atoms with Crippen LogP contribution in [-0.2, 0) is 12.8 Å². The number of rotatable bonds is 5. The van der Waals surface area contributed by atoms with E-state index in [4.69, 9.17) is 5.73 Å². The quantitative estimate of drug-likeness (QED) is 0.779. The van der Waals surface area contributed by atoms with Gasteiger partial charge in [-0.05, 0) is 19.0 Å². The van der Waals surface area contributed by atoms with E-state index >= 15 is 0 Å². The first-order valence-electron chi connectivity index (χ1n) is 4.52. The molecule has 0 saturated heterocycles. The molecule has 0 aliphatic heterocycles. The highest BCUT2D eigenvalue weighted by atomic mass is 32.2. The minimum atomic E-state index is 0.631. The molecule has 1 rings (SSSR count). The molecule has 0 aliphatic rings. The first-order valence-corrected chi connectivity index (χ1v) is 5.57. The summed E-state index contributed by atoms with van der Waals surface area (Å²) in [5.74, 6) is 0.988. The highest BCUT2D eigenvalue weighted by Gasteiger charge is 2.03. The van der Waals surface area contributed by atoms with Crippen LogP contribution in [0.5, 0.6) is 0 Å². The molecule has 1 heterocycles. The third kappa shape index (κ3) is 3.83. The normalized spacial score (nSPS) is 13.2. The van der Waals surface area contributed by atoms with Crippen molar-refractivity contribution in [2.75, 3.05) is 6.54 Å². The van der Waals surface area contributed by atoms with Gasteiger partial charge in [0.2, 0.25) is 0 Å². The van der Waals surface area contributed by atoms with Crippen molar-refractivity contribution in [2.45, 2.75) is 24.3 Å². The van der Waals surface area contributed by atoms with Crippen LogP contribution in [0, 0.1) is 0 Å². The van der Waals surface area contributed by atoms with Gasteiger partial charge in [0, 0.05) is 24.2 Å². The number of hydrogen-bond donors (Lipinski definition) is 1. The maximum Gasteiger partial charge on any atom is 0.0723 e. The fourth-order valence-corrected chi connectivity index (χ4v) is 2.00. The highest BCUT2D eigenvalue weighted by Crippen LogP contribution is 2.17. The lowest BCUT2D eigenvalue weighted by molar-refractivity contribution is 0.754. The zero-order valence-corrected chi connectivity index (χ0v) is 9.05. The molecule has 3 nitrogen and oxygen atoms in total. The lowest BCUT2D eigenvalue weighted by Gasteiger charge is -2.07. The summed E-state index contributed by atoms with van der Waals surface area (Å²) in [5.41, 5.74) is 6.62. The number of nitrogens with two attached hydrogens (primary N) is 1. The van der Waals surface area contributed by atoms with Crippen molar-refractivity contribution in [2.24, 2.45) is 12.8 Å². The van der Waals surface area contributed by atoms with Gasteiger partial charge < -0.3 is 5.73 Å². The van der Waals surface area contributed by atoms with Crippen molar-refractivity contribution in [3.63, 3.8) is 0 Å². The summed E-state index contributed by atoms with van der Waals surface area (Å²) in [6, 6.07) is 2.06. The second-order valence-electron chi connectivity index (χ2n) is 3.18. The minimum absolute atomic E-state index is 0.631. The Morgan fingerprint density at radius 1 is 1.69 bits per heavy atom. The van der Waals surface area contributed by atoms with E-state index in [2.05, 4.69) is 18.1 Å². The Morgan fingerprint density at radius 2 is 2.46 bits per heavy atom. The molecule has 1 aromatic rings. The van der Waals surface area contributed by atoms with E-state index in [1.54, 1.807) is 0 Å². The van der Waals surface area contributed by atoms with Gasteiger partial charge in [0.15, 0.2) is 0 Å². The van der Waals surface area contributed by atoms with Gasteiger partial charge in [0.05, 0.1) is 5.69 Å². The van der Waals surface area contributed by atoms with E-state index < -0.39 is 0 Å². The Labute approximate surface area is 83.7 Å². The third-order valence-corrected chi connectivity index (χ3v) is 3.12.